The Morgan fingerprint density at radius 3 is 2.83 bits per heavy atom. The van der Waals surface area contributed by atoms with Gasteiger partial charge < -0.3 is 0 Å². The smallest absolute Gasteiger partial charge is 0.222 e. The van der Waals surface area contributed by atoms with Crippen molar-refractivity contribution in [3.63, 3.8) is 0 Å². The second-order valence-electron chi connectivity index (χ2n) is 3.84. The molecule has 3 rings (SSSR count). The highest BCUT2D eigenvalue weighted by Crippen LogP contribution is 2.38. The fraction of sp³-hybridized carbons (Fsp3) is 0.167. The second kappa shape index (κ2) is 4.68. The second-order valence-corrected chi connectivity index (χ2v) is 5.69. The largest absolute Gasteiger partial charge is 0.223 e. The molecule has 0 aliphatic carbocycles. The molecule has 2 heterocycles. The molecule has 0 spiro atoms. The molecule has 0 saturated heterocycles. The number of aromatic nitrogens is 2. The fourth-order valence-electron chi connectivity index (χ4n) is 1.88. The molecule has 0 fully saturated rings. The zero-order chi connectivity index (χ0) is 12.7. The maximum absolute atomic E-state index is 13.2. The Morgan fingerprint density at radius 1 is 1.22 bits per heavy atom. The van der Waals surface area contributed by atoms with Crippen LogP contribution in [0.1, 0.15) is 5.69 Å². The summed E-state index contributed by atoms with van der Waals surface area (Å²) in [5.41, 5.74) is 2.45. The standard InChI is InChI=1S/C12H7Cl2FN2S/c13-7-5-6(1-2-8(7)15)10-11-9(3-4-18-11)16-12(14)17-10/h1-2,5H,3-4H2. The first-order chi connectivity index (χ1) is 8.65. The molecule has 1 aromatic heterocycles. The van der Waals surface area contributed by atoms with Gasteiger partial charge in [-0.3, -0.25) is 0 Å². The van der Waals surface area contributed by atoms with E-state index in [1.54, 1.807) is 23.9 Å². The van der Waals surface area contributed by atoms with E-state index >= 15 is 0 Å². The summed E-state index contributed by atoms with van der Waals surface area (Å²) in [6.45, 7) is 0. The van der Waals surface area contributed by atoms with Crippen LogP contribution < -0.4 is 0 Å². The van der Waals surface area contributed by atoms with Gasteiger partial charge in [0.1, 0.15) is 5.82 Å². The van der Waals surface area contributed by atoms with E-state index in [0.717, 1.165) is 34.0 Å². The van der Waals surface area contributed by atoms with Crippen LogP contribution in [0.2, 0.25) is 10.3 Å². The number of rotatable bonds is 1. The SMILES string of the molecule is Fc1ccc(-c2nc(Cl)nc3c2SCC3)cc1Cl. The van der Waals surface area contributed by atoms with E-state index in [9.17, 15) is 4.39 Å². The van der Waals surface area contributed by atoms with Crippen LogP contribution in [-0.4, -0.2) is 15.7 Å². The number of fused-ring (bicyclic) bond motifs is 1. The van der Waals surface area contributed by atoms with Crippen LogP contribution in [0.15, 0.2) is 23.1 Å². The van der Waals surface area contributed by atoms with Gasteiger partial charge in [-0.25, -0.2) is 14.4 Å². The summed E-state index contributed by atoms with van der Waals surface area (Å²) in [5, 5.41) is 0.297. The number of hydrogen-bond acceptors (Lipinski definition) is 3. The van der Waals surface area contributed by atoms with Crippen LogP contribution in [0, 0.1) is 5.82 Å². The Bertz CT molecular complexity index is 634. The summed E-state index contributed by atoms with van der Waals surface area (Å²) in [6, 6.07) is 4.55. The third-order valence-corrected chi connectivity index (χ3v) is 4.27. The fourth-order valence-corrected chi connectivity index (χ4v) is 3.36. The number of hydrogen-bond donors (Lipinski definition) is 0. The third kappa shape index (κ3) is 2.09. The van der Waals surface area contributed by atoms with Crippen LogP contribution in [0.4, 0.5) is 4.39 Å². The summed E-state index contributed by atoms with van der Waals surface area (Å²) < 4.78 is 13.2. The number of thioether (sulfide) groups is 1. The zero-order valence-electron chi connectivity index (χ0n) is 9.08. The Labute approximate surface area is 118 Å². The maximum Gasteiger partial charge on any atom is 0.223 e. The van der Waals surface area contributed by atoms with Crippen molar-refractivity contribution in [2.45, 2.75) is 11.3 Å². The first-order valence-corrected chi connectivity index (χ1v) is 7.04. The van der Waals surface area contributed by atoms with Crippen LogP contribution >= 0.6 is 35.0 Å². The molecule has 1 aromatic carbocycles. The van der Waals surface area contributed by atoms with E-state index in [1.807, 2.05) is 0 Å². The molecule has 2 aromatic rings. The number of benzene rings is 1. The van der Waals surface area contributed by atoms with E-state index in [4.69, 9.17) is 23.2 Å². The molecule has 0 radical (unpaired) electrons. The number of nitrogens with zero attached hydrogens (tertiary/aromatic N) is 2. The lowest BCUT2D eigenvalue weighted by Crippen LogP contribution is -1.95. The van der Waals surface area contributed by atoms with Crippen LogP contribution in [0.5, 0.6) is 0 Å². The van der Waals surface area contributed by atoms with E-state index in [2.05, 4.69) is 9.97 Å². The number of aryl methyl sites for hydroxylation is 1. The van der Waals surface area contributed by atoms with Crippen molar-refractivity contribution in [2.24, 2.45) is 0 Å². The molecule has 0 atom stereocenters. The number of halogens is 3. The lowest BCUT2D eigenvalue weighted by Gasteiger charge is -2.07. The van der Waals surface area contributed by atoms with E-state index < -0.39 is 5.82 Å². The molecule has 0 bridgehead atoms. The van der Waals surface area contributed by atoms with Crippen molar-refractivity contribution >= 4 is 35.0 Å². The molecular formula is C12H7Cl2FN2S. The Hall–Kier alpha value is -0.840. The van der Waals surface area contributed by atoms with Gasteiger partial charge >= 0.3 is 0 Å². The molecule has 92 valence electrons. The molecule has 0 unspecified atom stereocenters. The Morgan fingerprint density at radius 2 is 2.06 bits per heavy atom. The lowest BCUT2D eigenvalue weighted by atomic mass is 10.1. The van der Waals surface area contributed by atoms with Crippen molar-refractivity contribution in [3.05, 3.63) is 40.0 Å². The third-order valence-electron chi connectivity index (χ3n) is 2.69. The molecular weight excluding hydrogens is 294 g/mol. The molecule has 6 heteroatoms. The molecule has 1 aliphatic heterocycles. The molecule has 18 heavy (non-hydrogen) atoms. The van der Waals surface area contributed by atoms with Gasteiger partial charge in [0, 0.05) is 17.7 Å². The highest BCUT2D eigenvalue weighted by Gasteiger charge is 2.21. The van der Waals surface area contributed by atoms with Gasteiger partial charge in [0.15, 0.2) is 0 Å². The van der Waals surface area contributed by atoms with Gasteiger partial charge in [0.2, 0.25) is 5.28 Å². The van der Waals surface area contributed by atoms with Crippen LogP contribution in [-0.2, 0) is 6.42 Å². The van der Waals surface area contributed by atoms with Crippen LogP contribution in [0.25, 0.3) is 11.3 Å². The molecule has 0 N–H and O–H groups in total. The molecule has 0 amide bonds. The van der Waals surface area contributed by atoms with Gasteiger partial charge in [0.25, 0.3) is 0 Å². The normalized spacial score (nSPS) is 13.7. The van der Waals surface area contributed by atoms with Gasteiger partial charge in [0.05, 0.1) is 21.3 Å². The quantitative estimate of drug-likeness (QED) is 0.737. The van der Waals surface area contributed by atoms with Crippen molar-refractivity contribution in [2.75, 3.05) is 5.75 Å². The predicted octanol–water partition coefficient (Wildman–Crippen LogP) is 4.24. The van der Waals surface area contributed by atoms with E-state index in [0.29, 0.717) is 0 Å². The maximum atomic E-state index is 13.2. The van der Waals surface area contributed by atoms with Crippen molar-refractivity contribution in [1.29, 1.82) is 0 Å². The Kier molecular flexibility index (Phi) is 3.18. The van der Waals surface area contributed by atoms with Gasteiger partial charge in [-0.15, -0.1) is 11.8 Å². The van der Waals surface area contributed by atoms with Gasteiger partial charge in [-0.1, -0.05) is 11.6 Å². The van der Waals surface area contributed by atoms with E-state index in [-0.39, 0.29) is 10.3 Å². The van der Waals surface area contributed by atoms with Crippen LogP contribution in [0.3, 0.4) is 0 Å². The van der Waals surface area contributed by atoms with Crippen molar-refractivity contribution < 1.29 is 4.39 Å². The monoisotopic (exact) mass is 300 g/mol. The highest BCUT2D eigenvalue weighted by atomic mass is 35.5. The first kappa shape index (κ1) is 12.2. The summed E-state index contributed by atoms with van der Waals surface area (Å²) in [4.78, 5) is 9.46. The summed E-state index contributed by atoms with van der Waals surface area (Å²) in [5.74, 6) is 0.525. The zero-order valence-corrected chi connectivity index (χ0v) is 11.4. The lowest BCUT2D eigenvalue weighted by molar-refractivity contribution is 0.628. The average molecular weight is 301 g/mol. The minimum Gasteiger partial charge on any atom is -0.222 e. The van der Waals surface area contributed by atoms with Gasteiger partial charge in [-0.2, -0.15) is 0 Å². The summed E-state index contributed by atoms with van der Waals surface area (Å²) in [6.07, 6.45) is 0.879. The minimum absolute atomic E-state index is 0.0824. The molecule has 1 aliphatic rings. The predicted molar refractivity (Wildman–Crippen MR) is 71.9 cm³/mol. The Balaban J connectivity index is 2.19. The minimum atomic E-state index is -0.440. The van der Waals surface area contributed by atoms with E-state index in [1.165, 1.54) is 6.07 Å². The molecule has 0 saturated carbocycles. The average Bonchev–Trinajstić information content (AvgIpc) is 2.79. The summed E-state index contributed by atoms with van der Waals surface area (Å²) in [7, 11) is 0. The molecule has 2 nitrogen and oxygen atoms in total. The van der Waals surface area contributed by atoms with Crippen molar-refractivity contribution in [1.82, 2.24) is 9.97 Å². The topological polar surface area (TPSA) is 25.8 Å². The first-order valence-electron chi connectivity index (χ1n) is 5.30. The van der Waals surface area contributed by atoms with Crippen molar-refractivity contribution in [3.8, 4) is 11.3 Å². The summed E-state index contributed by atoms with van der Waals surface area (Å²) >= 11 is 13.4. The highest BCUT2D eigenvalue weighted by molar-refractivity contribution is 7.99. The van der Waals surface area contributed by atoms with Gasteiger partial charge in [-0.05, 0) is 29.8 Å².